The molecule has 0 radical (unpaired) electrons. The molecule has 5 rings (SSSR count). The lowest BCUT2D eigenvalue weighted by Gasteiger charge is -2.35. The molecule has 0 aliphatic carbocycles. The molecule has 3 heterocycles. The summed E-state index contributed by atoms with van der Waals surface area (Å²) in [7, 11) is -2.36. The van der Waals surface area contributed by atoms with Crippen molar-refractivity contribution >= 4 is 21.6 Å². The van der Waals surface area contributed by atoms with Gasteiger partial charge in [0.2, 0.25) is 10.0 Å². The first-order valence-electron chi connectivity index (χ1n) is 12.4. The third-order valence-corrected chi connectivity index (χ3v) is 9.38. The van der Waals surface area contributed by atoms with E-state index in [0.717, 1.165) is 17.2 Å². The van der Waals surface area contributed by atoms with Crippen molar-refractivity contribution in [3.05, 3.63) is 53.3 Å². The highest BCUT2D eigenvalue weighted by atomic mass is 32.2. The van der Waals surface area contributed by atoms with Crippen LogP contribution in [0.25, 0.3) is 0 Å². The van der Waals surface area contributed by atoms with Gasteiger partial charge in [0.25, 0.3) is 5.91 Å². The number of sulfonamides is 1. The second-order valence-corrected chi connectivity index (χ2v) is 12.9. The number of benzene rings is 2. The van der Waals surface area contributed by atoms with Crippen molar-refractivity contribution in [1.82, 2.24) is 9.31 Å². The molecule has 0 unspecified atom stereocenters. The van der Waals surface area contributed by atoms with Crippen molar-refractivity contribution in [3.63, 3.8) is 0 Å². The summed E-state index contributed by atoms with van der Waals surface area (Å²) >= 11 is 0. The van der Waals surface area contributed by atoms with Crippen LogP contribution in [0.5, 0.6) is 11.5 Å². The second-order valence-electron chi connectivity index (χ2n) is 11.0. The highest BCUT2D eigenvalue weighted by Gasteiger charge is 2.49. The fourth-order valence-electron chi connectivity index (χ4n) is 5.44. The minimum Gasteiger partial charge on any atom is -0.493 e. The number of piperidine rings is 1. The molecule has 1 saturated heterocycles. The Kier molecular flexibility index (Phi) is 6.10. The highest BCUT2D eigenvalue weighted by molar-refractivity contribution is 7.89. The maximum Gasteiger partial charge on any atom is 0.254 e. The maximum absolute atomic E-state index is 14.2. The van der Waals surface area contributed by atoms with Gasteiger partial charge in [-0.15, -0.1) is 0 Å². The predicted molar refractivity (Wildman–Crippen MR) is 137 cm³/mol. The summed E-state index contributed by atoms with van der Waals surface area (Å²) in [5, 5.41) is 6.36. The zero-order chi connectivity index (χ0) is 26.8. The first-order chi connectivity index (χ1) is 17.4. The third-order valence-electron chi connectivity index (χ3n) is 7.45. The molecule has 1 amide bonds. The predicted octanol–water partition coefficient (Wildman–Crippen LogP) is 3.97. The molecular weight excluding hydrogens is 497 g/mol. The van der Waals surface area contributed by atoms with Gasteiger partial charge in [-0.1, -0.05) is 12.1 Å². The number of fused-ring (bicyclic) bond motifs is 1. The number of carbonyl (C=O) groups is 1. The molecule has 2 aromatic carbocycles. The van der Waals surface area contributed by atoms with Gasteiger partial charge in [0.1, 0.15) is 16.3 Å². The van der Waals surface area contributed by atoms with E-state index in [-0.39, 0.29) is 29.9 Å². The van der Waals surface area contributed by atoms with Crippen LogP contribution in [0, 0.1) is 11.2 Å². The van der Waals surface area contributed by atoms with Gasteiger partial charge in [-0.25, -0.2) is 17.8 Å². The molecule has 1 fully saturated rings. The van der Waals surface area contributed by atoms with E-state index in [9.17, 15) is 17.6 Å². The van der Waals surface area contributed by atoms with Gasteiger partial charge >= 0.3 is 0 Å². The number of hydrogen-bond acceptors (Lipinski definition) is 6. The van der Waals surface area contributed by atoms with Crippen LogP contribution in [0.2, 0.25) is 0 Å². The molecule has 0 spiro atoms. The molecule has 3 aliphatic heterocycles. The molecule has 37 heavy (non-hydrogen) atoms. The number of methoxy groups -OCH3 is 1. The summed E-state index contributed by atoms with van der Waals surface area (Å²) in [6.07, 6.45) is 1.47. The van der Waals surface area contributed by atoms with Crippen LogP contribution >= 0.6 is 0 Å². The number of amides is 1. The average Bonchev–Trinajstić information content (AvgIpc) is 3.30. The van der Waals surface area contributed by atoms with Crippen molar-refractivity contribution in [2.75, 3.05) is 20.2 Å². The first-order valence-corrected chi connectivity index (χ1v) is 13.9. The van der Waals surface area contributed by atoms with E-state index in [0.29, 0.717) is 36.5 Å². The molecular formula is C27H32FN3O5S. The standard InChI is InChI=1S/C27H32FN3O5S/c1-26(2)16-19-18(10-11-21(35-5)23(19)36-26)24-27(3,4)25(32)31(29-24)17-12-14-30(15-13-17)37(33,34)22-9-7-6-8-20(22)28/h6-11,17H,12-16H2,1-5H3. The van der Waals surface area contributed by atoms with Crippen LogP contribution < -0.4 is 9.47 Å². The summed E-state index contributed by atoms with van der Waals surface area (Å²) in [5.74, 6) is 0.434. The molecule has 0 atom stereocenters. The summed E-state index contributed by atoms with van der Waals surface area (Å²) in [5.41, 5.74) is 1.22. The number of hydrazone groups is 1. The molecule has 0 aromatic heterocycles. The molecule has 2 aromatic rings. The lowest BCUT2D eigenvalue weighted by molar-refractivity contribution is -0.137. The normalized spacial score (nSPS) is 21.5. The minimum atomic E-state index is -3.96. The smallest absolute Gasteiger partial charge is 0.254 e. The number of carbonyl (C=O) groups excluding carboxylic acids is 1. The van der Waals surface area contributed by atoms with Crippen molar-refractivity contribution in [3.8, 4) is 11.5 Å². The fraction of sp³-hybridized carbons (Fsp3) is 0.481. The van der Waals surface area contributed by atoms with Gasteiger partial charge in [0, 0.05) is 30.6 Å². The monoisotopic (exact) mass is 529 g/mol. The van der Waals surface area contributed by atoms with Crippen LogP contribution in [0.15, 0.2) is 46.4 Å². The SMILES string of the molecule is COc1ccc(C2=NN(C3CCN(S(=O)(=O)c4ccccc4F)CC3)C(=O)C2(C)C)c2c1OC(C)(C)C2. The lowest BCUT2D eigenvalue weighted by Crippen LogP contribution is -2.47. The van der Waals surface area contributed by atoms with Gasteiger partial charge in [0.15, 0.2) is 11.5 Å². The Morgan fingerprint density at radius 1 is 1.08 bits per heavy atom. The minimum absolute atomic E-state index is 0.124. The van der Waals surface area contributed by atoms with Crippen LogP contribution in [0.4, 0.5) is 4.39 Å². The highest BCUT2D eigenvalue weighted by Crippen LogP contribution is 2.46. The maximum atomic E-state index is 14.2. The van der Waals surface area contributed by atoms with Gasteiger partial charge < -0.3 is 9.47 Å². The van der Waals surface area contributed by atoms with E-state index >= 15 is 0 Å². The van der Waals surface area contributed by atoms with Crippen molar-refractivity contribution in [1.29, 1.82) is 0 Å². The van der Waals surface area contributed by atoms with E-state index in [2.05, 4.69) is 0 Å². The third kappa shape index (κ3) is 4.20. The van der Waals surface area contributed by atoms with Crippen molar-refractivity contribution < 1.29 is 27.1 Å². The zero-order valence-electron chi connectivity index (χ0n) is 21.7. The van der Waals surface area contributed by atoms with E-state index in [1.165, 1.54) is 27.5 Å². The van der Waals surface area contributed by atoms with Gasteiger partial charge in [-0.2, -0.15) is 9.41 Å². The Balaban J connectivity index is 1.41. The van der Waals surface area contributed by atoms with Crippen molar-refractivity contribution in [2.24, 2.45) is 10.5 Å². The summed E-state index contributed by atoms with van der Waals surface area (Å²) in [6.45, 7) is 8.11. The van der Waals surface area contributed by atoms with Crippen LogP contribution in [0.1, 0.15) is 51.7 Å². The number of halogens is 1. The molecule has 0 N–H and O–H groups in total. The number of ether oxygens (including phenoxy) is 2. The fourth-order valence-corrected chi connectivity index (χ4v) is 6.97. The van der Waals surface area contributed by atoms with E-state index in [1.807, 2.05) is 39.8 Å². The number of hydrogen-bond donors (Lipinski definition) is 0. The Morgan fingerprint density at radius 3 is 2.41 bits per heavy atom. The van der Waals surface area contributed by atoms with Crippen molar-refractivity contribution in [2.45, 2.75) is 63.5 Å². The van der Waals surface area contributed by atoms with Crippen LogP contribution in [-0.2, 0) is 21.2 Å². The van der Waals surface area contributed by atoms with Crippen LogP contribution in [0.3, 0.4) is 0 Å². The van der Waals surface area contributed by atoms with Crippen LogP contribution in [-0.4, -0.2) is 61.2 Å². The summed E-state index contributed by atoms with van der Waals surface area (Å²) < 4.78 is 53.2. The van der Waals surface area contributed by atoms with Gasteiger partial charge in [-0.05, 0) is 64.8 Å². The molecule has 10 heteroatoms. The quantitative estimate of drug-likeness (QED) is 0.585. The lowest BCUT2D eigenvalue weighted by atomic mass is 9.80. The molecule has 8 nitrogen and oxygen atoms in total. The van der Waals surface area contributed by atoms with Gasteiger partial charge in [0.05, 0.1) is 24.3 Å². The Labute approximate surface area is 217 Å². The largest absolute Gasteiger partial charge is 0.493 e. The molecule has 198 valence electrons. The molecule has 3 aliphatic rings. The van der Waals surface area contributed by atoms with Gasteiger partial charge in [-0.3, -0.25) is 4.79 Å². The summed E-state index contributed by atoms with van der Waals surface area (Å²) in [4.78, 5) is 13.3. The number of nitrogens with zero attached hydrogens (tertiary/aromatic N) is 3. The molecule has 0 saturated carbocycles. The molecule has 0 bridgehead atoms. The van der Waals surface area contributed by atoms with E-state index in [1.54, 1.807) is 7.11 Å². The summed E-state index contributed by atoms with van der Waals surface area (Å²) in [6, 6.07) is 8.90. The Bertz CT molecular complexity index is 1390. The first kappa shape index (κ1) is 25.7. The second kappa shape index (κ2) is 8.80. The Hall–Kier alpha value is -2.98. The number of rotatable bonds is 5. The Morgan fingerprint density at radius 2 is 1.76 bits per heavy atom. The van der Waals surface area contributed by atoms with E-state index < -0.39 is 26.9 Å². The average molecular weight is 530 g/mol. The topological polar surface area (TPSA) is 88.5 Å². The zero-order valence-corrected chi connectivity index (χ0v) is 22.6. The van der Waals surface area contributed by atoms with E-state index in [4.69, 9.17) is 14.6 Å².